The van der Waals surface area contributed by atoms with E-state index in [0.29, 0.717) is 11.4 Å². The number of rotatable bonds is 3. The second-order valence-electron chi connectivity index (χ2n) is 3.72. The summed E-state index contributed by atoms with van der Waals surface area (Å²) in [5.41, 5.74) is 0.696. The smallest absolute Gasteiger partial charge is 0.296 e. The zero-order valence-electron chi connectivity index (χ0n) is 10.5. The Balaban J connectivity index is 2.47. The van der Waals surface area contributed by atoms with E-state index in [-0.39, 0.29) is 10.3 Å². The topological polar surface area (TPSA) is 72.3 Å². The summed E-state index contributed by atoms with van der Waals surface area (Å²) in [7, 11) is 1.57. The number of hydrogen-bond donors (Lipinski definition) is 1. The van der Waals surface area contributed by atoms with Crippen molar-refractivity contribution in [2.75, 3.05) is 7.11 Å². The Labute approximate surface area is 114 Å². The third kappa shape index (κ3) is 2.76. The number of aromatic nitrogens is 3. The van der Waals surface area contributed by atoms with Gasteiger partial charge in [0.05, 0.1) is 13.3 Å². The number of ether oxygens (including phenoxy) is 1. The van der Waals surface area contributed by atoms with Gasteiger partial charge in [-0.3, -0.25) is 9.89 Å². The third-order valence-corrected chi connectivity index (χ3v) is 2.73. The van der Waals surface area contributed by atoms with E-state index >= 15 is 0 Å². The molecule has 0 aliphatic carbocycles. The molecule has 2 aromatic rings. The van der Waals surface area contributed by atoms with E-state index in [1.807, 2.05) is 24.3 Å². The number of hydrogen-bond acceptors (Lipinski definition) is 5. The van der Waals surface area contributed by atoms with E-state index in [2.05, 4.69) is 15.3 Å². The van der Waals surface area contributed by atoms with Gasteiger partial charge >= 0.3 is 0 Å². The first-order chi connectivity index (χ1) is 9.13. The molecule has 0 spiro atoms. The second-order valence-corrected chi connectivity index (χ2v) is 4.10. The molecule has 0 amide bonds. The molecule has 6 nitrogen and oxygen atoms in total. The fourth-order valence-electron chi connectivity index (χ4n) is 1.47. The van der Waals surface area contributed by atoms with Crippen LogP contribution in [0.3, 0.4) is 0 Å². The molecule has 0 radical (unpaired) electrons. The molecule has 1 N–H and O–H groups in total. The quantitative estimate of drug-likeness (QED) is 0.681. The van der Waals surface area contributed by atoms with Crippen LogP contribution in [0.5, 0.6) is 5.75 Å². The van der Waals surface area contributed by atoms with Crippen LogP contribution in [0.25, 0.3) is 0 Å². The zero-order chi connectivity index (χ0) is 13.8. The van der Waals surface area contributed by atoms with Crippen molar-refractivity contribution >= 4 is 18.4 Å². The Hall–Kier alpha value is -2.28. The summed E-state index contributed by atoms with van der Waals surface area (Å²) in [4.78, 5) is 11.8. The van der Waals surface area contributed by atoms with Crippen LogP contribution in [0.15, 0.2) is 34.2 Å². The van der Waals surface area contributed by atoms with Crippen molar-refractivity contribution in [3.8, 4) is 5.75 Å². The number of H-pyrrole nitrogens is 1. The highest BCUT2D eigenvalue weighted by Gasteiger charge is 2.02. The van der Waals surface area contributed by atoms with Gasteiger partial charge in [-0.25, -0.2) is 0 Å². The molecule has 1 aromatic heterocycles. The van der Waals surface area contributed by atoms with Crippen LogP contribution in [0.2, 0.25) is 0 Å². The van der Waals surface area contributed by atoms with Crippen molar-refractivity contribution in [3.63, 3.8) is 0 Å². The maximum absolute atomic E-state index is 11.8. The number of aromatic amines is 1. The molecule has 0 aliphatic heterocycles. The molecular weight excluding hydrogens is 264 g/mol. The molecule has 19 heavy (non-hydrogen) atoms. The van der Waals surface area contributed by atoms with Gasteiger partial charge < -0.3 is 4.74 Å². The molecule has 0 atom stereocenters. The highest BCUT2D eigenvalue weighted by molar-refractivity contribution is 7.71. The Kier molecular flexibility index (Phi) is 3.86. The fraction of sp³-hybridized carbons (Fsp3) is 0.167. The Morgan fingerprint density at radius 3 is 2.95 bits per heavy atom. The third-order valence-electron chi connectivity index (χ3n) is 2.46. The van der Waals surface area contributed by atoms with E-state index in [9.17, 15) is 4.79 Å². The lowest BCUT2D eigenvalue weighted by Crippen LogP contribution is -2.22. The standard InChI is InChI=1S/C12H12N4O2S/c1-8-11(17)16(12(19)15-14-8)13-7-9-5-3-4-6-10(9)18-2/h3-7H,1-2H3,(H,15,19)/b13-7-. The Morgan fingerprint density at radius 2 is 2.21 bits per heavy atom. The number of aryl methyl sites for hydroxylation is 1. The minimum absolute atomic E-state index is 0.141. The lowest BCUT2D eigenvalue weighted by atomic mass is 10.2. The largest absolute Gasteiger partial charge is 0.496 e. The number of nitrogens with one attached hydrogen (secondary N) is 1. The highest BCUT2D eigenvalue weighted by atomic mass is 32.1. The number of methoxy groups -OCH3 is 1. The van der Waals surface area contributed by atoms with E-state index in [1.165, 1.54) is 6.21 Å². The van der Waals surface area contributed by atoms with Crippen molar-refractivity contribution in [2.45, 2.75) is 6.92 Å². The number of nitrogens with zero attached hydrogens (tertiary/aromatic N) is 3. The van der Waals surface area contributed by atoms with Gasteiger partial charge in [0.25, 0.3) is 5.56 Å². The van der Waals surface area contributed by atoms with Crippen LogP contribution < -0.4 is 10.3 Å². The first-order valence-electron chi connectivity index (χ1n) is 5.49. The van der Waals surface area contributed by atoms with Gasteiger partial charge in [-0.1, -0.05) is 12.1 Å². The molecule has 1 aromatic carbocycles. The van der Waals surface area contributed by atoms with Gasteiger partial charge in [0.1, 0.15) is 11.4 Å². The van der Waals surface area contributed by atoms with Gasteiger partial charge in [-0.15, -0.1) is 0 Å². The van der Waals surface area contributed by atoms with Crippen LogP contribution in [0.4, 0.5) is 0 Å². The molecular formula is C12H12N4O2S. The summed E-state index contributed by atoms with van der Waals surface area (Å²) in [6, 6.07) is 7.34. The van der Waals surface area contributed by atoms with Crippen molar-refractivity contribution in [1.29, 1.82) is 0 Å². The van der Waals surface area contributed by atoms with Gasteiger partial charge in [0.2, 0.25) is 4.77 Å². The van der Waals surface area contributed by atoms with Crippen LogP contribution in [0.1, 0.15) is 11.3 Å². The maximum atomic E-state index is 11.8. The normalized spacial score (nSPS) is 10.8. The molecule has 98 valence electrons. The van der Waals surface area contributed by atoms with E-state index in [1.54, 1.807) is 14.0 Å². The Bertz CT molecular complexity index is 733. The zero-order valence-corrected chi connectivity index (χ0v) is 11.3. The predicted octanol–water partition coefficient (Wildman–Crippen LogP) is 1.50. The molecule has 0 bridgehead atoms. The van der Waals surface area contributed by atoms with Crippen molar-refractivity contribution in [3.05, 3.63) is 50.6 Å². The summed E-state index contributed by atoms with van der Waals surface area (Å²) >= 11 is 4.98. The number of benzene rings is 1. The minimum Gasteiger partial charge on any atom is -0.496 e. The van der Waals surface area contributed by atoms with Gasteiger partial charge in [0, 0.05) is 5.56 Å². The summed E-state index contributed by atoms with van der Waals surface area (Å²) in [6.45, 7) is 1.59. The SMILES string of the molecule is COc1ccccc1/C=N\n1c(=S)[nH]nc(C)c1=O. The minimum atomic E-state index is -0.352. The summed E-state index contributed by atoms with van der Waals surface area (Å²) < 4.78 is 6.42. The van der Waals surface area contributed by atoms with Gasteiger partial charge in [-0.05, 0) is 31.3 Å². The summed E-state index contributed by atoms with van der Waals surface area (Å²) in [5.74, 6) is 0.667. The number of para-hydroxylation sites is 1. The molecule has 2 rings (SSSR count). The van der Waals surface area contributed by atoms with Crippen LogP contribution >= 0.6 is 12.2 Å². The lowest BCUT2D eigenvalue weighted by molar-refractivity contribution is 0.414. The van der Waals surface area contributed by atoms with Crippen molar-refractivity contribution in [2.24, 2.45) is 5.10 Å². The molecule has 1 heterocycles. The predicted molar refractivity (Wildman–Crippen MR) is 74.4 cm³/mol. The van der Waals surface area contributed by atoms with Crippen LogP contribution in [-0.2, 0) is 0 Å². The van der Waals surface area contributed by atoms with E-state index in [0.717, 1.165) is 10.2 Å². The van der Waals surface area contributed by atoms with Crippen LogP contribution in [0, 0.1) is 11.7 Å². The molecule has 0 aliphatic rings. The Morgan fingerprint density at radius 1 is 1.47 bits per heavy atom. The fourth-order valence-corrected chi connectivity index (χ4v) is 1.65. The first kappa shape index (κ1) is 13.2. The second kappa shape index (κ2) is 5.57. The van der Waals surface area contributed by atoms with Crippen molar-refractivity contribution in [1.82, 2.24) is 14.9 Å². The molecule has 0 unspecified atom stereocenters. The van der Waals surface area contributed by atoms with E-state index in [4.69, 9.17) is 17.0 Å². The van der Waals surface area contributed by atoms with Crippen LogP contribution in [-0.4, -0.2) is 28.2 Å². The monoisotopic (exact) mass is 276 g/mol. The van der Waals surface area contributed by atoms with Gasteiger partial charge in [-0.2, -0.15) is 14.9 Å². The highest BCUT2D eigenvalue weighted by Crippen LogP contribution is 2.14. The average Bonchev–Trinajstić information content (AvgIpc) is 2.43. The summed E-state index contributed by atoms with van der Waals surface area (Å²) in [5, 5.41) is 10.4. The lowest BCUT2D eigenvalue weighted by Gasteiger charge is -2.03. The average molecular weight is 276 g/mol. The summed E-state index contributed by atoms with van der Waals surface area (Å²) in [6.07, 6.45) is 1.52. The molecule has 0 saturated heterocycles. The van der Waals surface area contributed by atoms with E-state index < -0.39 is 0 Å². The van der Waals surface area contributed by atoms with Crippen molar-refractivity contribution < 1.29 is 4.74 Å². The first-order valence-corrected chi connectivity index (χ1v) is 5.90. The van der Waals surface area contributed by atoms with Gasteiger partial charge in [0.15, 0.2) is 0 Å². The molecule has 0 saturated carbocycles. The molecule has 7 heteroatoms. The maximum Gasteiger partial charge on any atom is 0.296 e. The molecule has 0 fully saturated rings.